The normalized spacial score (nSPS) is 11.0. The Bertz CT molecular complexity index is 862. The summed E-state index contributed by atoms with van der Waals surface area (Å²) >= 11 is 0. The molecule has 3 rings (SSSR count). The fourth-order valence-corrected chi connectivity index (χ4v) is 2.59. The Kier molecular flexibility index (Phi) is 3.68. The van der Waals surface area contributed by atoms with Crippen molar-refractivity contribution in [3.05, 3.63) is 52.4 Å². The maximum atomic E-state index is 12.2. The molecule has 2 heterocycles. The van der Waals surface area contributed by atoms with Crippen LogP contribution in [0.15, 0.2) is 41.2 Å². The highest BCUT2D eigenvalue weighted by Crippen LogP contribution is 2.22. The summed E-state index contributed by atoms with van der Waals surface area (Å²) in [4.78, 5) is 12.2. The summed E-state index contributed by atoms with van der Waals surface area (Å²) in [5, 5.41) is 4.42. The Morgan fingerprint density at radius 2 is 1.95 bits per heavy atom. The second kappa shape index (κ2) is 5.65. The van der Waals surface area contributed by atoms with E-state index >= 15 is 0 Å². The van der Waals surface area contributed by atoms with E-state index in [2.05, 4.69) is 5.10 Å². The standard InChI is InChI=1S/C16H18N4O2/c1-3-19-12(10-17)8-16(21)20-15(19)9-14(18-20)11-4-6-13(22-2)7-5-11/h4-9H,3,10,17H2,1-2H3. The summed E-state index contributed by atoms with van der Waals surface area (Å²) in [6, 6.07) is 11.0. The van der Waals surface area contributed by atoms with Crippen molar-refractivity contribution in [1.29, 1.82) is 0 Å². The minimum Gasteiger partial charge on any atom is -0.497 e. The number of rotatable bonds is 4. The molecule has 0 radical (unpaired) electrons. The Hall–Kier alpha value is -2.60. The predicted octanol–water partition coefficient (Wildman–Crippen LogP) is 1.65. The molecule has 3 aromatic rings. The smallest absolute Gasteiger partial charge is 0.274 e. The van der Waals surface area contributed by atoms with E-state index in [0.717, 1.165) is 34.9 Å². The van der Waals surface area contributed by atoms with Crippen molar-refractivity contribution >= 4 is 5.65 Å². The second-order valence-electron chi connectivity index (χ2n) is 4.95. The largest absolute Gasteiger partial charge is 0.497 e. The van der Waals surface area contributed by atoms with Gasteiger partial charge in [0.15, 0.2) is 0 Å². The van der Waals surface area contributed by atoms with E-state index in [9.17, 15) is 4.79 Å². The van der Waals surface area contributed by atoms with Crippen molar-refractivity contribution in [2.75, 3.05) is 7.11 Å². The van der Waals surface area contributed by atoms with Crippen molar-refractivity contribution in [2.45, 2.75) is 20.0 Å². The van der Waals surface area contributed by atoms with Gasteiger partial charge < -0.3 is 15.0 Å². The van der Waals surface area contributed by atoms with E-state index in [1.807, 2.05) is 41.8 Å². The Labute approximate surface area is 127 Å². The lowest BCUT2D eigenvalue weighted by Gasteiger charge is -2.10. The molecule has 0 spiro atoms. The van der Waals surface area contributed by atoms with Crippen molar-refractivity contribution in [3.8, 4) is 17.0 Å². The fourth-order valence-electron chi connectivity index (χ4n) is 2.59. The Morgan fingerprint density at radius 3 is 2.55 bits per heavy atom. The molecule has 0 unspecified atom stereocenters. The van der Waals surface area contributed by atoms with Crippen LogP contribution in [0, 0.1) is 0 Å². The van der Waals surface area contributed by atoms with Crippen molar-refractivity contribution < 1.29 is 4.74 Å². The van der Waals surface area contributed by atoms with Gasteiger partial charge in [0, 0.05) is 36.5 Å². The third-order valence-electron chi connectivity index (χ3n) is 3.72. The molecule has 0 bridgehead atoms. The van der Waals surface area contributed by atoms with Crippen LogP contribution in [-0.4, -0.2) is 21.3 Å². The SMILES string of the molecule is CCn1c(CN)cc(=O)n2nc(-c3ccc(OC)cc3)cc12. The van der Waals surface area contributed by atoms with E-state index in [0.29, 0.717) is 6.54 Å². The minimum absolute atomic E-state index is 0.167. The second-order valence-corrected chi connectivity index (χ2v) is 4.95. The van der Waals surface area contributed by atoms with Gasteiger partial charge in [0.2, 0.25) is 0 Å². The molecule has 0 saturated carbocycles. The average molecular weight is 298 g/mol. The molecule has 6 nitrogen and oxygen atoms in total. The summed E-state index contributed by atoms with van der Waals surface area (Å²) in [7, 11) is 1.63. The summed E-state index contributed by atoms with van der Waals surface area (Å²) in [5.74, 6) is 0.783. The van der Waals surface area contributed by atoms with Gasteiger partial charge in [0.1, 0.15) is 11.4 Å². The highest BCUT2D eigenvalue weighted by Gasteiger charge is 2.12. The van der Waals surface area contributed by atoms with E-state index in [-0.39, 0.29) is 5.56 Å². The monoisotopic (exact) mass is 298 g/mol. The molecule has 0 saturated heterocycles. The zero-order valence-corrected chi connectivity index (χ0v) is 12.6. The molecular formula is C16H18N4O2. The van der Waals surface area contributed by atoms with Gasteiger partial charge in [0.25, 0.3) is 5.56 Å². The highest BCUT2D eigenvalue weighted by atomic mass is 16.5. The summed E-state index contributed by atoms with van der Waals surface area (Å²) < 4.78 is 8.58. The Balaban J connectivity index is 2.20. The first-order valence-electron chi connectivity index (χ1n) is 7.15. The molecule has 114 valence electrons. The molecule has 0 atom stereocenters. The number of hydrogen-bond acceptors (Lipinski definition) is 4. The Morgan fingerprint density at radius 1 is 1.23 bits per heavy atom. The molecule has 1 aromatic carbocycles. The highest BCUT2D eigenvalue weighted by molar-refractivity contribution is 5.65. The summed E-state index contributed by atoms with van der Waals surface area (Å²) in [6.07, 6.45) is 0. The predicted molar refractivity (Wildman–Crippen MR) is 85.0 cm³/mol. The summed E-state index contributed by atoms with van der Waals surface area (Å²) in [6.45, 7) is 3.07. The molecule has 0 aliphatic heterocycles. The zero-order chi connectivity index (χ0) is 15.7. The van der Waals surface area contributed by atoms with E-state index < -0.39 is 0 Å². The topological polar surface area (TPSA) is 74.5 Å². The fraction of sp³-hybridized carbons (Fsp3) is 0.250. The number of fused-ring (bicyclic) bond motifs is 1. The molecule has 2 N–H and O–H groups in total. The van der Waals surface area contributed by atoms with Gasteiger partial charge in [-0.15, -0.1) is 0 Å². The first-order valence-corrected chi connectivity index (χ1v) is 7.15. The first-order chi connectivity index (χ1) is 10.7. The van der Waals surface area contributed by atoms with Crippen LogP contribution in [0.2, 0.25) is 0 Å². The third-order valence-corrected chi connectivity index (χ3v) is 3.72. The number of ether oxygens (including phenoxy) is 1. The number of aromatic nitrogens is 3. The van der Waals surface area contributed by atoms with Crippen LogP contribution in [0.5, 0.6) is 5.75 Å². The van der Waals surface area contributed by atoms with Crippen LogP contribution in [0.3, 0.4) is 0 Å². The molecular weight excluding hydrogens is 280 g/mol. The van der Waals surface area contributed by atoms with Gasteiger partial charge in [0.05, 0.1) is 12.8 Å². The van der Waals surface area contributed by atoms with E-state index in [1.165, 1.54) is 4.52 Å². The van der Waals surface area contributed by atoms with Crippen LogP contribution in [0.1, 0.15) is 12.6 Å². The van der Waals surface area contributed by atoms with Gasteiger partial charge in [-0.1, -0.05) is 0 Å². The maximum absolute atomic E-state index is 12.2. The minimum atomic E-state index is -0.167. The lowest BCUT2D eigenvalue weighted by atomic mass is 10.1. The van der Waals surface area contributed by atoms with Crippen molar-refractivity contribution in [3.63, 3.8) is 0 Å². The number of nitrogens with two attached hydrogens (primary N) is 1. The zero-order valence-electron chi connectivity index (χ0n) is 12.6. The maximum Gasteiger partial charge on any atom is 0.274 e. The molecule has 22 heavy (non-hydrogen) atoms. The lowest BCUT2D eigenvalue weighted by Crippen LogP contribution is -2.22. The average Bonchev–Trinajstić information content (AvgIpc) is 3.00. The van der Waals surface area contributed by atoms with Crippen LogP contribution in [0.25, 0.3) is 16.9 Å². The van der Waals surface area contributed by atoms with E-state index in [4.69, 9.17) is 10.5 Å². The number of aryl methyl sites for hydroxylation is 1. The molecule has 0 amide bonds. The number of nitrogens with zero attached hydrogens (tertiary/aromatic N) is 3. The number of hydrogen-bond donors (Lipinski definition) is 1. The first kappa shape index (κ1) is 14.3. The molecule has 2 aromatic heterocycles. The van der Waals surface area contributed by atoms with Crippen LogP contribution < -0.4 is 16.0 Å². The van der Waals surface area contributed by atoms with Gasteiger partial charge in [-0.3, -0.25) is 4.79 Å². The number of benzene rings is 1. The van der Waals surface area contributed by atoms with Crippen LogP contribution >= 0.6 is 0 Å². The molecule has 6 heteroatoms. The summed E-state index contributed by atoms with van der Waals surface area (Å²) in [5.41, 5.74) is 8.80. The molecule has 0 fully saturated rings. The van der Waals surface area contributed by atoms with Crippen molar-refractivity contribution in [1.82, 2.24) is 14.2 Å². The molecule has 0 aliphatic rings. The van der Waals surface area contributed by atoms with Gasteiger partial charge >= 0.3 is 0 Å². The third kappa shape index (κ3) is 2.27. The van der Waals surface area contributed by atoms with Crippen molar-refractivity contribution in [2.24, 2.45) is 5.73 Å². The van der Waals surface area contributed by atoms with Gasteiger partial charge in [-0.2, -0.15) is 9.61 Å². The number of methoxy groups -OCH3 is 1. The quantitative estimate of drug-likeness (QED) is 0.794. The van der Waals surface area contributed by atoms with Gasteiger partial charge in [-0.25, -0.2) is 0 Å². The van der Waals surface area contributed by atoms with Crippen LogP contribution in [0.4, 0.5) is 0 Å². The lowest BCUT2D eigenvalue weighted by molar-refractivity contribution is 0.415. The molecule has 0 aliphatic carbocycles. The van der Waals surface area contributed by atoms with E-state index in [1.54, 1.807) is 13.2 Å². The van der Waals surface area contributed by atoms with Gasteiger partial charge in [-0.05, 0) is 31.2 Å². The van der Waals surface area contributed by atoms with Crippen LogP contribution in [-0.2, 0) is 13.1 Å².